The average molecular weight is 288 g/mol. The molecule has 0 unspecified atom stereocenters. The summed E-state index contributed by atoms with van der Waals surface area (Å²) < 4.78 is 37.1. The normalized spacial score (nSPS) is 11.8. The lowest BCUT2D eigenvalue weighted by Gasteiger charge is -2.12. The summed E-state index contributed by atoms with van der Waals surface area (Å²) in [6, 6.07) is 2.50. The molecule has 0 aromatic heterocycles. The van der Waals surface area contributed by atoms with Gasteiger partial charge >= 0.3 is 6.18 Å². The van der Waals surface area contributed by atoms with Crippen LogP contribution in [0.1, 0.15) is 11.1 Å². The molecule has 0 aliphatic rings. The first-order valence-corrected chi connectivity index (χ1v) is 5.07. The smallest absolute Gasteiger partial charge is 0.398 e. The maximum Gasteiger partial charge on any atom is 0.419 e. The monoisotopic (exact) mass is 287 g/mol. The molecule has 14 heavy (non-hydrogen) atoms. The molecule has 0 spiro atoms. The Morgan fingerprint density at radius 3 is 2.29 bits per heavy atom. The third-order valence-corrected chi connectivity index (χ3v) is 2.56. The molecule has 0 aliphatic carbocycles. The van der Waals surface area contributed by atoms with Crippen LogP contribution >= 0.6 is 27.5 Å². The largest absolute Gasteiger partial charge is 0.419 e. The van der Waals surface area contributed by atoms with Crippen LogP contribution in [0.3, 0.4) is 0 Å². The van der Waals surface area contributed by atoms with Crippen LogP contribution in [0.25, 0.3) is 0 Å². The number of hydrogen-bond donors (Lipinski definition) is 1. The molecule has 0 aliphatic heterocycles. The molecule has 1 rings (SSSR count). The van der Waals surface area contributed by atoms with E-state index < -0.39 is 11.7 Å². The fraction of sp³-hybridized carbons (Fsp3) is 0.250. The van der Waals surface area contributed by atoms with Gasteiger partial charge in [-0.1, -0.05) is 27.5 Å². The molecule has 0 heterocycles. The number of nitrogen functional groups attached to an aromatic ring is 1. The number of nitrogens with two attached hydrogens (primary N) is 1. The molecule has 0 radical (unpaired) electrons. The van der Waals surface area contributed by atoms with E-state index in [1.807, 2.05) is 0 Å². The molecule has 0 bridgehead atoms. The number of rotatable bonds is 1. The minimum atomic E-state index is -4.51. The number of alkyl halides is 4. The highest BCUT2D eigenvalue weighted by molar-refractivity contribution is 9.08. The summed E-state index contributed by atoms with van der Waals surface area (Å²) in [6.45, 7) is 0. The molecule has 1 nitrogen and oxygen atoms in total. The highest BCUT2D eigenvalue weighted by atomic mass is 79.9. The lowest BCUT2D eigenvalue weighted by atomic mass is 10.1. The summed E-state index contributed by atoms with van der Waals surface area (Å²) in [5.41, 5.74) is 4.55. The van der Waals surface area contributed by atoms with Crippen LogP contribution in [0.15, 0.2) is 12.1 Å². The van der Waals surface area contributed by atoms with Crippen LogP contribution in [0.4, 0.5) is 18.9 Å². The molecule has 1 aromatic carbocycles. The minimum absolute atomic E-state index is 0.348. The van der Waals surface area contributed by atoms with Gasteiger partial charge in [-0.2, -0.15) is 13.2 Å². The number of benzene rings is 1. The lowest BCUT2D eigenvalue weighted by molar-refractivity contribution is -0.136. The van der Waals surface area contributed by atoms with Crippen LogP contribution in [0.2, 0.25) is 5.02 Å². The van der Waals surface area contributed by atoms with Crippen molar-refractivity contribution in [2.24, 2.45) is 0 Å². The van der Waals surface area contributed by atoms with E-state index in [2.05, 4.69) is 15.9 Å². The molecule has 2 N–H and O–H groups in total. The fourth-order valence-electron chi connectivity index (χ4n) is 1.06. The van der Waals surface area contributed by atoms with Crippen molar-refractivity contribution in [2.45, 2.75) is 11.5 Å². The van der Waals surface area contributed by atoms with Gasteiger partial charge in [-0.05, 0) is 17.7 Å². The Balaban J connectivity index is 3.33. The van der Waals surface area contributed by atoms with Crippen LogP contribution in [0, 0.1) is 0 Å². The van der Waals surface area contributed by atoms with Gasteiger partial charge in [0.1, 0.15) is 0 Å². The summed E-state index contributed by atoms with van der Waals surface area (Å²) in [7, 11) is 0. The van der Waals surface area contributed by atoms with Crippen LogP contribution in [0.5, 0.6) is 0 Å². The van der Waals surface area contributed by atoms with Crippen molar-refractivity contribution in [3.8, 4) is 0 Å². The van der Waals surface area contributed by atoms with Crippen molar-refractivity contribution in [3.63, 3.8) is 0 Å². The SMILES string of the molecule is Nc1cc(CBr)cc(Cl)c1C(F)(F)F. The summed E-state index contributed by atoms with van der Waals surface area (Å²) in [4.78, 5) is 0. The van der Waals surface area contributed by atoms with E-state index in [0.717, 1.165) is 0 Å². The molecule has 0 fully saturated rings. The van der Waals surface area contributed by atoms with E-state index in [1.54, 1.807) is 0 Å². The molecule has 0 saturated carbocycles. The van der Waals surface area contributed by atoms with Crippen LogP contribution in [-0.4, -0.2) is 0 Å². The Bertz CT molecular complexity index is 328. The van der Waals surface area contributed by atoms with E-state index in [0.29, 0.717) is 10.9 Å². The fourth-order valence-corrected chi connectivity index (χ4v) is 1.74. The van der Waals surface area contributed by atoms with Crippen molar-refractivity contribution >= 4 is 33.2 Å². The molecular weight excluding hydrogens is 282 g/mol. The van der Waals surface area contributed by atoms with Crippen molar-refractivity contribution < 1.29 is 13.2 Å². The van der Waals surface area contributed by atoms with Crippen molar-refractivity contribution in [3.05, 3.63) is 28.3 Å². The predicted molar refractivity (Wildman–Crippen MR) is 53.5 cm³/mol. The van der Waals surface area contributed by atoms with Gasteiger partial charge in [-0.15, -0.1) is 0 Å². The van der Waals surface area contributed by atoms with Gasteiger partial charge in [0.25, 0.3) is 0 Å². The number of halogens is 5. The van der Waals surface area contributed by atoms with Crippen molar-refractivity contribution in [1.82, 2.24) is 0 Å². The maximum absolute atomic E-state index is 12.4. The number of anilines is 1. The van der Waals surface area contributed by atoms with E-state index >= 15 is 0 Å². The second kappa shape index (κ2) is 3.98. The summed E-state index contributed by atoms with van der Waals surface area (Å²) in [6.07, 6.45) is -4.51. The van der Waals surface area contributed by atoms with Gasteiger partial charge in [-0.3, -0.25) is 0 Å². The Morgan fingerprint density at radius 1 is 1.36 bits per heavy atom. The molecule has 78 valence electrons. The van der Waals surface area contributed by atoms with Crippen LogP contribution in [-0.2, 0) is 11.5 Å². The van der Waals surface area contributed by atoms with Gasteiger partial charge in [0.2, 0.25) is 0 Å². The van der Waals surface area contributed by atoms with Gasteiger partial charge in [0, 0.05) is 11.0 Å². The zero-order valence-electron chi connectivity index (χ0n) is 6.83. The minimum Gasteiger partial charge on any atom is -0.398 e. The first-order valence-electron chi connectivity index (χ1n) is 3.57. The molecule has 0 atom stereocenters. The maximum atomic E-state index is 12.4. The van der Waals surface area contributed by atoms with Gasteiger partial charge in [0.05, 0.1) is 10.6 Å². The van der Waals surface area contributed by atoms with Crippen molar-refractivity contribution in [2.75, 3.05) is 5.73 Å². The van der Waals surface area contributed by atoms with E-state index in [9.17, 15) is 13.2 Å². The zero-order valence-corrected chi connectivity index (χ0v) is 9.17. The summed E-state index contributed by atoms with van der Waals surface area (Å²) in [5.74, 6) is 0. The Morgan fingerprint density at radius 2 is 1.93 bits per heavy atom. The topological polar surface area (TPSA) is 26.0 Å². The second-order valence-corrected chi connectivity index (χ2v) is 3.64. The molecular formula is C8H6BrClF3N. The highest BCUT2D eigenvalue weighted by Crippen LogP contribution is 2.39. The highest BCUT2D eigenvalue weighted by Gasteiger charge is 2.35. The summed E-state index contributed by atoms with van der Waals surface area (Å²) in [5, 5.41) is 0.0432. The Labute approximate surface area is 92.2 Å². The zero-order chi connectivity index (χ0) is 10.9. The molecule has 1 aromatic rings. The lowest BCUT2D eigenvalue weighted by Crippen LogP contribution is -2.10. The predicted octanol–water partition coefficient (Wildman–Crippen LogP) is 3.84. The second-order valence-electron chi connectivity index (χ2n) is 2.67. The first-order chi connectivity index (χ1) is 6.36. The Hall–Kier alpha value is -0.420. The molecule has 6 heteroatoms. The molecule has 0 saturated heterocycles. The first kappa shape index (κ1) is 11.7. The van der Waals surface area contributed by atoms with Crippen LogP contribution < -0.4 is 5.73 Å². The quantitative estimate of drug-likeness (QED) is 0.617. The van der Waals surface area contributed by atoms with Gasteiger partial charge in [0.15, 0.2) is 0 Å². The van der Waals surface area contributed by atoms with Gasteiger partial charge < -0.3 is 5.73 Å². The van der Waals surface area contributed by atoms with Crippen molar-refractivity contribution in [1.29, 1.82) is 0 Å². The standard InChI is InChI=1S/C8H6BrClF3N/c9-3-4-1-5(10)7(6(14)2-4)8(11,12)13/h1-2H,3,14H2. The van der Waals surface area contributed by atoms with E-state index in [4.69, 9.17) is 17.3 Å². The van der Waals surface area contributed by atoms with Gasteiger partial charge in [-0.25, -0.2) is 0 Å². The Kier molecular flexibility index (Phi) is 3.32. The molecule has 0 amide bonds. The third kappa shape index (κ3) is 2.33. The number of hydrogen-bond acceptors (Lipinski definition) is 1. The average Bonchev–Trinajstić information content (AvgIpc) is 1.99. The van der Waals surface area contributed by atoms with E-state index in [1.165, 1.54) is 12.1 Å². The van der Waals surface area contributed by atoms with E-state index in [-0.39, 0.29) is 10.7 Å². The summed E-state index contributed by atoms with van der Waals surface area (Å²) >= 11 is 8.58. The third-order valence-electron chi connectivity index (χ3n) is 1.62.